The van der Waals surface area contributed by atoms with Gasteiger partial charge in [-0.25, -0.2) is 28.8 Å². The predicted molar refractivity (Wildman–Crippen MR) is 163 cm³/mol. The molecule has 0 radical (unpaired) electrons. The number of phenolic OH excluding ortho intramolecular Hbond substituents is 2. The highest BCUT2D eigenvalue weighted by molar-refractivity contribution is 6.04. The molecule has 0 aromatic heterocycles. The molecule has 4 rings (SSSR count). The molecule has 0 spiro atoms. The molecule has 0 atom stereocenters. The van der Waals surface area contributed by atoms with Gasteiger partial charge < -0.3 is 40.9 Å². The predicted octanol–water partition coefficient (Wildman–Crippen LogP) is 4.99. The summed E-state index contributed by atoms with van der Waals surface area (Å²) in [5.74, 6) is -7.85. The number of aromatic carboxylic acids is 6. The van der Waals surface area contributed by atoms with Crippen molar-refractivity contribution in [1.82, 2.24) is 0 Å². The zero-order chi connectivity index (χ0) is 35.6. The van der Waals surface area contributed by atoms with E-state index in [0.717, 1.165) is 47.5 Å². The van der Waals surface area contributed by atoms with Gasteiger partial charge in [-0.1, -0.05) is 38.1 Å². The minimum absolute atomic E-state index is 0.151. The molecule has 4 aromatic rings. The molecule has 0 heterocycles. The molecule has 0 aliphatic rings. The van der Waals surface area contributed by atoms with Gasteiger partial charge in [-0.05, 0) is 71.8 Å². The molecule has 14 heteroatoms. The van der Waals surface area contributed by atoms with E-state index in [1.807, 2.05) is 24.3 Å². The largest absolute Gasteiger partial charge is 0.508 e. The van der Waals surface area contributed by atoms with Gasteiger partial charge in [0.1, 0.15) is 11.5 Å². The molecule has 0 unspecified atom stereocenters. The number of hydrogen-bond donors (Lipinski definition) is 8. The maximum Gasteiger partial charge on any atom is 0.336 e. The van der Waals surface area contributed by atoms with Gasteiger partial charge in [0.05, 0.1) is 33.4 Å². The third-order valence-electron chi connectivity index (χ3n) is 6.63. The molecule has 47 heavy (non-hydrogen) atoms. The van der Waals surface area contributed by atoms with Gasteiger partial charge in [-0.15, -0.1) is 0 Å². The number of benzene rings is 4. The smallest absolute Gasteiger partial charge is 0.336 e. The van der Waals surface area contributed by atoms with Crippen molar-refractivity contribution in [2.75, 3.05) is 0 Å². The van der Waals surface area contributed by atoms with Crippen molar-refractivity contribution in [2.45, 2.75) is 19.3 Å². The molecule has 8 N–H and O–H groups in total. The Morgan fingerprint density at radius 3 is 0.915 bits per heavy atom. The maximum atomic E-state index is 10.6. The van der Waals surface area contributed by atoms with Gasteiger partial charge in [0.25, 0.3) is 0 Å². The summed E-state index contributed by atoms with van der Waals surface area (Å²) in [4.78, 5) is 63.5. The van der Waals surface area contributed by atoms with Gasteiger partial charge in [-0.3, -0.25) is 0 Å². The number of phenols is 2. The summed E-state index contributed by atoms with van der Waals surface area (Å²) in [6, 6.07) is 20.1. The topological polar surface area (TPSA) is 264 Å². The number of carbonyl (C=O) groups is 6. The van der Waals surface area contributed by atoms with Gasteiger partial charge >= 0.3 is 35.8 Å². The standard InChI is InChI=1S/C15H16O2.2C9H6O6/c1-15(2,11-3-7-13(16)8-4-11)12-5-9-14(17)10-6-12;2*10-7(11)4-1-2-5(8(12)13)6(3-4)9(14)15/h3-10,16-17H,1-2H3;2*1-3H,(H,10,11)(H,12,13)(H,14,15). The van der Waals surface area contributed by atoms with Crippen molar-refractivity contribution in [3.8, 4) is 11.5 Å². The molecule has 14 nitrogen and oxygen atoms in total. The van der Waals surface area contributed by atoms with E-state index in [0.29, 0.717) is 0 Å². The first-order valence-corrected chi connectivity index (χ1v) is 13.1. The van der Waals surface area contributed by atoms with Gasteiger partial charge in [-0.2, -0.15) is 0 Å². The summed E-state index contributed by atoms with van der Waals surface area (Å²) >= 11 is 0. The van der Waals surface area contributed by atoms with E-state index in [1.165, 1.54) is 0 Å². The average Bonchev–Trinajstić information content (AvgIpc) is 3.01. The molecule has 0 bridgehead atoms. The normalized spacial score (nSPS) is 10.3. The van der Waals surface area contributed by atoms with Crippen molar-refractivity contribution in [3.05, 3.63) is 129 Å². The second kappa shape index (κ2) is 15.3. The molecule has 244 valence electrons. The van der Waals surface area contributed by atoms with Crippen molar-refractivity contribution in [3.63, 3.8) is 0 Å². The zero-order valence-corrected chi connectivity index (χ0v) is 24.6. The van der Waals surface area contributed by atoms with Gasteiger partial charge in [0.15, 0.2) is 0 Å². The van der Waals surface area contributed by atoms with Crippen LogP contribution in [-0.4, -0.2) is 76.7 Å². The Labute approximate surface area is 265 Å². The number of aromatic hydroxyl groups is 2. The maximum absolute atomic E-state index is 10.6. The van der Waals surface area contributed by atoms with E-state index in [4.69, 9.17) is 30.6 Å². The minimum atomic E-state index is -1.48. The van der Waals surface area contributed by atoms with Crippen LogP contribution in [0.3, 0.4) is 0 Å². The lowest BCUT2D eigenvalue weighted by Gasteiger charge is -2.26. The van der Waals surface area contributed by atoms with E-state index in [2.05, 4.69) is 13.8 Å². The monoisotopic (exact) mass is 648 g/mol. The molecule has 0 aliphatic carbocycles. The lowest BCUT2D eigenvalue weighted by molar-refractivity contribution is 0.0648. The SMILES string of the molecule is CC(C)(c1ccc(O)cc1)c1ccc(O)cc1.O=C(O)c1ccc(C(=O)O)c(C(=O)O)c1.O=C(O)c1ccc(C(=O)O)c(C(=O)O)c1. The Hall–Kier alpha value is -6.70. The molecular weight excluding hydrogens is 620 g/mol. The minimum Gasteiger partial charge on any atom is -0.508 e. The first-order valence-electron chi connectivity index (χ1n) is 13.1. The van der Waals surface area contributed by atoms with Crippen molar-refractivity contribution < 1.29 is 69.6 Å². The summed E-state index contributed by atoms with van der Waals surface area (Å²) in [6.45, 7) is 4.23. The third kappa shape index (κ3) is 9.64. The fourth-order valence-corrected chi connectivity index (χ4v) is 4.00. The average molecular weight is 649 g/mol. The number of carboxylic acid groups (broad SMARTS) is 6. The van der Waals surface area contributed by atoms with Gasteiger partial charge in [0.2, 0.25) is 0 Å². The second-order valence-corrected chi connectivity index (χ2v) is 10.1. The van der Waals surface area contributed by atoms with Crippen LogP contribution in [0.25, 0.3) is 0 Å². The molecule has 0 saturated heterocycles. The van der Waals surface area contributed by atoms with Crippen LogP contribution in [0.2, 0.25) is 0 Å². The first-order chi connectivity index (χ1) is 21.9. The lowest BCUT2D eigenvalue weighted by Crippen LogP contribution is -2.18. The summed E-state index contributed by atoms with van der Waals surface area (Å²) in [6.07, 6.45) is 0. The van der Waals surface area contributed by atoms with E-state index in [1.54, 1.807) is 24.3 Å². The van der Waals surface area contributed by atoms with E-state index in [9.17, 15) is 39.0 Å². The molecule has 0 fully saturated rings. The fourth-order valence-electron chi connectivity index (χ4n) is 4.00. The zero-order valence-electron chi connectivity index (χ0n) is 24.6. The third-order valence-corrected chi connectivity index (χ3v) is 6.63. The quantitative estimate of drug-likeness (QED) is 0.125. The highest BCUT2D eigenvalue weighted by Crippen LogP contribution is 2.33. The van der Waals surface area contributed by atoms with Crippen LogP contribution in [0.4, 0.5) is 0 Å². The highest BCUT2D eigenvalue weighted by atomic mass is 16.4. The molecule has 0 saturated carbocycles. The molecule has 0 amide bonds. The van der Waals surface area contributed by atoms with Crippen molar-refractivity contribution >= 4 is 35.8 Å². The van der Waals surface area contributed by atoms with Crippen molar-refractivity contribution in [2.24, 2.45) is 0 Å². The van der Waals surface area contributed by atoms with Crippen LogP contribution >= 0.6 is 0 Å². The number of carboxylic acids is 6. The molecular formula is C33H28O14. The first kappa shape index (κ1) is 36.5. The van der Waals surface area contributed by atoms with Gasteiger partial charge in [0, 0.05) is 5.41 Å². The van der Waals surface area contributed by atoms with Crippen LogP contribution in [0.1, 0.15) is 87.1 Å². The Morgan fingerprint density at radius 1 is 0.404 bits per heavy atom. The van der Waals surface area contributed by atoms with Crippen LogP contribution in [0, 0.1) is 0 Å². The summed E-state index contributed by atoms with van der Waals surface area (Å²) < 4.78 is 0. The van der Waals surface area contributed by atoms with E-state index < -0.39 is 58.1 Å². The summed E-state index contributed by atoms with van der Waals surface area (Å²) in [7, 11) is 0. The Morgan fingerprint density at radius 2 is 0.681 bits per heavy atom. The summed E-state index contributed by atoms with van der Waals surface area (Å²) in [5, 5.41) is 70.3. The fraction of sp³-hybridized carbons (Fsp3) is 0.0909. The van der Waals surface area contributed by atoms with Crippen LogP contribution in [0.15, 0.2) is 84.9 Å². The van der Waals surface area contributed by atoms with Crippen LogP contribution < -0.4 is 0 Å². The Balaban J connectivity index is 0.000000246. The lowest BCUT2D eigenvalue weighted by atomic mass is 9.78. The van der Waals surface area contributed by atoms with E-state index in [-0.39, 0.29) is 28.0 Å². The Bertz CT molecular complexity index is 1690. The van der Waals surface area contributed by atoms with E-state index >= 15 is 0 Å². The molecule has 0 aliphatic heterocycles. The summed E-state index contributed by atoms with van der Waals surface area (Å²) in [5.41, 5.74) is -0.386. The highest BCUT2D eigenvalue weighted by Gasteiger charge is 2.23. The molecule has 4 aromatic carbocycles. The van der Waals surface area contributed by atoms with Crippen LogP contribution in [0.5, 0.6) is 11.5 Å². The second-order valence-electron chi connectivity index (χ2n) is 10.1. The Kier molecular flexibility index (Phi) is 11.9. The number of hydrogen-bond acceptors (Lipinski definition) is 8. The number of rotatable bonds is 8. The van der Waals surface area contributed by atoms with Crippen molar-refractivity contribution in [1.29, 1.82) is 0 Å². The van der Waals surface area contributed by atoms with Crippen LogP contribution in [-0.2, 0) is 5.41 Å².